The van der Waals surface area contributed by atoms with Crippen LogP contribution >= 0.6 is 0 Å². The van der Waals surface area contributed by atoms with Gasteiger partial charge in [-0.2, -0.15) is 0 Å². The number of rotatable bonds is 5. The van der Waals surface area contributed by atoms with Crippen molar-refractivity contribution in [1.29, 1.82) is 0 Å². The van der Waals surface area contributed by atoms with Gasteiger partial charge in [-0.1, -0.05) is 13.8 Å². The fourth-order valence-electron chi connectivity index (χ4n) is 1.75. The molecule has 0 aliphatic heterocycles. The highest BCUT2D eigenvalue weighted by Gasteiger charge is 2.36. The Kier molecular flexibility index (Phi) is 3.53. The average Bonchev–Trinajstić information content (AvgIpc) is 1.94. The van der Waals surface area contributed by atoms with E-state index in [1.54, 1.807) is 0 Å². The second-order valence-corrected chi connectivity index (χ2v) is 4.50. The maximum atomic E-state index is 8.53. The number of aliphatic hydroxyl groups excluding tert-OH is 1. The molecule has 0 atom stereocenters. The average molecular weight is 172 g/mol. The summed E-state index contributed by atoms with van der Waals surface area (Å²) < 4.78 is 5.60. The Hall–Kier alpha value is -0.0800. The quantitative estimate of drug-likeness (QED) is 0.642. The van der Waals surface area contributed by atoms with Crippen LogP contribution in [-0.4, -0.2) is 24.4 Å². The fourth-order valence-corrected chi connectivity index (χ4v) is 1.75. The summed E-state index contributed by atoms with van der Waals surface area (Å²) >= 11 is 0. The Balaban J connectivity index is 1.90. The Morgan fingerprint density at radius 3 is 2.50 bits per heavy atom. The molecular weight excluding hydrogens is 152 g/mol. The van der Waals surface area contributed by atoms with Crippen molar-refractivity contribution in [2.45, 2.75) is 45.6 Å². The highest BCUT2D eigenvalue weighted by molar-refractivity contribution is 4.87. The molecular formula is C10H20O2. The van der Waals surface area contributed by atoms with E-state index < -0.39 is 0 Å². The molecule has 0 radical (unpaired) electrons. The van der Waals surface area contributed by atoms with Gasteiger partial charge in [-0.05, 0) is 31.1 Å². The second kappa shape index (κ2) is 4.24. The molecule has 0 amide bonds. The smallest absolute Gasteiger partial charge is 0.0585 e. The molecule has 0 unspecified atom stereocenters. The van der Waals surface area contributed by atoms with Crippen LogP contribution < -0.4 is 0 Å². The molecule has 2 nitrogen and oxygen atoms in total. The van der Waals surface area contributed by atoms with Gasteiger partial charge in [0.05, 0.1) is 6.10 Å². The molecule has 1 N–H and O–H groups in total. The van der Waals surface area contributed by atoms with Gasteiger partial charge < -0.3 is 9.84 Å². The number of ether oxygens (including phenoxy) is 1. The Labute approximate surface area is 74.9 Å². The summed E-state index contributed by atoms with van der Waals surface area (Å²) in [5, 5.41) is 8.53. The molecule has 0 spiro atoms. The number of hydrogen-bond donors (Lipinski definition) is 1. The molecule has 1 fully saturated rings. The van der Waals surface area contributed by atoms with Crippen molar-refractivity contribution in [1.82, 2.24) is 0 Å². The van der Waals surface area contributed by atoms with E-state index in [4.69, 9.17) is 9.84 Å². The first-order chi connectivity index (χ1) is 5.64. The second-order valence-electron chi connectivity index (χ2n) is 4.50. The minimum absolute atomic E-state index is 0.291. The minimum atomic E-state index is 0.291. The molecule has 12 heavy (non-hydrogen) atoms. The maximum Gasteiger partial charge on any atom is 0.0585 e. The van der Waals surface area contributed by atoms with Crippen molar-refractivity contribution in [2.24, 2.45) is 5.41 Å². The number of aliphatic hydroxyl groups is 1. The summed E-state index contributed by atoms with van der Waals surface area (Å²) in [7, 11) is 0. The topological polar surface area (TPSA) is 29.5 Å². The molecule has 0 bridgehead atoms. The Bertz CT molecular complexity index is 124. The standard InChI is InChI=1S/C10H20O2/c1-10(2)7-9(8-10)12-6-4-3-5-11/h9,11H,3-8H2,1-2H3. The highest BCUT2D eigenvalue weighted by atomic mass is 16.5. The van der Waals surface area contributed by atoms with Crippen molar-refractivity contribution >= 4 is 0 Å². The van der Waals surface area contributed by atoms with Gasteiger partial charge in [0.25, 0.3) is 0 Å². The normalized spacial score (nSPS) is 22.2. The first-order valence-corrected chi connectivity index (χ1v) is 4.86. The predicted molar refractivity (Wildman–Crippen MR) is 49.1 cm³/mol. The van der Waals surface area contributed by atoms with E-state index in [-0.39, 0.29) is 0 Å². The lowest BCUT2D eigenvalue weighted by atomic mass is 9.70. The molecule has 1 saturated carbocycles. The van der Waals surface area contributed by atoms with Gasteiger partial charge in [0.1, 0.15) is 0 Å². The summed E-state index contributed by atoms with van der Waals surface area (Å²) in [5.74, 6) is 0. The van der Waals surface area contributed by atoms with Crippen LogP contribution in [0.2, 0.25) is 0 Å². The van der Waals surface area contributed by atoms with Crippen LogP contribution in [0, 0.1) is 5.41 Å². The zero-order valence-corrected chi connectivity index (χ0v) is 8.18. The van der Waals surface area contributed by atoms with E-state index in [2.05, 4.69) is 13.8 Å². The largest absolute Gasteiger partial charge is 0.396 e. The summed E-state index contributed by atoms with van der Waals surface area (Å²) in [6.45, 7) is 5.67. The van der Waals surface area contributed by atoms with Crippen LogP contribution in [0.25, 0.3) is 0 Å². The van der Waals surface area contributed by atoms with E-state index in [9.17, 15) is 0 Å². The SMILES string of the molecule is CC1(C)CC(OCCCCO)C1. The first-order valence-electron chi connectivity index (χ1n) is 4.86. The van der Waals surface area contributed by atoms with Crippen LogP contribution in [-0.2, 0) is 4.74 Å². The predicted octanol–water partition coefficient (Wildman–Crippen LogP) is 1.96. The molecule has 0 saturated heterocycles. The van der Waals surface area contributed by atoms with Gasteiger partial charge in [-0.15, -0.1) is 0 Å². The van der Waals surface area contributed by atoms with E-state index in [1.807, 2.05) is 0 Å². The number of unbranched alkanes of at least 4 members (excludes halogenated alkanes) is 1. The van der Waals surface area contributed by atoms with Crippen molar-refractivity contribution < 1.29 is 9.84 Å². The molecule has 2 heteroatoms. The van der Waals surface area contributed by atoms with Crippen molar-refractivity contribution in [3.05, 3.63) is 0 Å². The maximum absolute atomic E-state index is 8.53. The molecule has 72 valence electrons. The molecule has 0 heterocycles. The summed E-state index contributed by atoms with van der Waals surface area (Å²) in [6.07, 6.45) is 4.76. The van der Waals surface area contributed by atoms with Gasteiger partial charge in [0.2, 0.25) is 0 Å². The lowest BCUT2D eigenvalue weighted by molar-refractivity contribution is -0.0663. The fraction of sp³-hybridized carbons (Fsp3) is 1.00. The molecule has 1 aliphatic carbocycles. The Morgan fingerprint density at radius 1 is 1.33 bits per heavy atom. The van der Waals surface area contributed by atoms with Gasteiger partial charge in [0, 0.05) is 13.2 Å². The van der Waals surface area contributed by atoms with Gasteiger partial charge in [-0.25, -0.2) is 0 Å². The lowest BCUT2D eigenvalue weighted by Gasteiger charge is -2.42. The van der Waals surface area contributed by atoms with Crippen LogP contribution in [0.15, 0.2) is 0 Å². The Morgan fingerprint density at radius 2 is 2.00 bits per heavy atom. The molecule has 1 rings (SSSR count). The zero-order valence-electron chi connectivity index (χ0n) is 8.18. The molecule has 1 aliphatic rings. The van der Waals surface area contributed by atoms with Crippen LogP contribution in [0.4, 0.5) is 0 Å². The molecule has 0 aromatic rings. The minimum Gasteiger partial charge on any atom is -0.396 e. The molecule has 0 aromatic heterocycles. The van der Waals surface area contributed by atoms with E-state index >= 15 is 0 Å². The van der Waals surface area contributed by atoms with Crippen molar-refractivity contribution in [3.63, 3.8) is 0 Å². The van der Waals surface area contributed by atoms with Crippen LogP contribution in [0.5, 0.6) is 0 Å². The highest BCUT2D eigenvalue weighted by Crippen LogP contribution is 2.41. The first kappa shape index (κ1) is 10.0. The van der Waals surface area contributed by atoms with Crippen molar-refractivity contribution in [3.8, 4) is 0 Å². The zero-order chi connectivity index (χ0) is 9.03. The van der Waals surface area contributed by atoms with E-state index in [1.165, 1.54) is 12.8 Å². The third-order valence-corrected chi connectivity index (χ3v) is 2.47. The van der Waals surface area contributed by atoms with Crippen LogP contribution in [0.3, 0.4) is 0 Å². The third kappa shape index (κ3) is 3.11. The lowest BCUT2D eigenvalue weighted by Crippen LogP contribution is -2.38. The van der Waals surface area contributed by atoms with Crippen LogP contribution in [0.1, 0.15) is 39.5 Å². The monoisotopic (exact) mass is 172 g/mol. The summed E-state index contributed by atoms with van der Waals surface area (Å²) in [4.78, 5) is 0. The molecule has 0 aromatic carbocycles. The van der Waals surface area contributed by atoms with Gasteiger partial charge in [0.15, 0.2) is 0 Å². The third-order valence-electron chi connectivity index (χ3n) is 2.47. The van der Waals surface area contributed by atoms with Crippen molar-refractivity contribution in [2.75, 3.05) is 13.2 Å². The van der Waals surface area contributed by atoms with Gasteiger partial charge in [-0.3, -0.25) is 0 Å². The van der Waals surface area contributed by atoms with E-state index in [0.29, 0.717) is 18.1 Å². The number of hydrogen-bond acceptors (Lipinski definition) is 2. The van der Waals surface area contributed by atoms with Gasteiger partial charge >= 0.3 is 0 Å². The summed E-state index contributed by atoms with van der Waals surface area (Å²) in [5.41, 5.74) is 0.516. The van der Waals surface area contributed by atoms with E-state index in [0.717, 1.165) is 19.4 Å². The summed E-state index contributed by atoms with van der Waals surface area (Å²) in [6, 6.07) is 0.